The van der Waals surface area contributed by atoms with Gasteiger partial charge in [0, 0.05) is 17.5 Å². The van der Waals surface area contributed by atoms with Gasteiger partial charge in [0.15, 0.2) is 5.75 Å². The summed E-state index contributed by atoms with van der Waals surface area (Å²) in [6, 6.07) is 6.42. The molecular formula is C25H28O6S. The lowest BCUT2D eigenvalue weighted by molar-refractivity contribution is 0.0533. The molecule has 4 rings (SSSR count). The highest BCUT2D eigenvalue weighted by molar-refractivity contribution is 7.87. The molecule has 0 amide bonds. The topological polar surface area (TPSA) is 78.9 Å². The van der Waals surface area contributed by atoms with E-state index in [4.69, 9.17) is 13.7 Å². The van der Waals surface area contributed by atoms with Crippen LogP contribution in [-0.2, 0) is 27.9 Å². The van der Waals surface area contributed by atoms with Crippen molar-refractivity contribution >= 4 is 16.1 Å². The number of cyclic esters (lactones) is 1. The second-order valence-corrected chi connectivity index (χ2v) is 10.2. The number of benzene rings is 2. The van der Waals surface area contributed by atoms with Crippen LogP contribution in [0.15, 0.2) is 40.3 Å². The smallest absolute Gasteiger partial charge is 0.342 e. The highest BCUT2D eigenvalue weighted by atomic mass is 32.2. The fraction of sp³-hybridized carbons (Fsp3) is 0.400. The molecule has 2 aromatic rings. The van der Waals surface area contributed by atoms with Crippen LogP contribution in [0.2, 0.25) is 0 Å². The minimum Gasteiger partial charge on any atom is -0.496 e. The standard InChI is InChI=1S/C25H28O6S/c1-14-6-10-19(11-7-14)32(27,28)31-24-20(12-18-9-8-15(2)16(18)3)23(29-5)17(4)21-13-30-25(26)22(21)24/h6-7,10-11,15H,8-9,12-13H2,1-5H3. The molecule has 32 heavy (non-hydrogen) atoms. The number of aryl methyl sites for hydroxylation is 1. The quantitative estimate of drug-likeness (QED) is 0.344. The number of carbonyl (C=O) groups is 1. The van der Waals surface area contributed by atoms with Crippen LogP contribution >= 0.6 is 0 Å². The van der Waals surface area contributed by atoms with Crippen LogP contribution in [0.25, 0.3) is 0 Å². The van der Waals surface area contributed by atoms with E-state index in [0.717, 1.165) is 24.0 Å². The average molecular weight is 457 g/mol. The molecule has 170 valence electrons. The van der Waals surface area contributed by atoms with Crippen LogP contribution in [0.5, 0.6) is 11.5 Å². The van der Waals surface area contributed by atoms with Crippen molar-refractivity contribution < 1.29 is 26.9 Å². The summed E-state index contributed by atoms with van der Waals surface area (Å²) in [5, 5.41) is 0. The van der Waals surface area contributed by atoms with Crippen LogP contribution in [0.1, 0.15) is 59.3 Å². The summed E-state index contributed by atoms with van der Waals surface area (Å²) >= 11 is 0. The van der Waals surface area contributed by atoms with Gasteiger partial charge in [-0.05, 0) is 57.2 Å². The third-order valence-corrected chi connectivity index (χ3v) is 7.93. The Labute approximate surface area is 189 Å². The van der Waals surface area contributed by atoms with Gasteiger partial charge in [-0.3, -0.25) is 0 Å². The molecule has 0 saturated carbocycles. The van der Waals surface area contributed by atoms with Gasteiger partial charge in [-0.25, -0.2) is 4.79 Å². The number of carbonyl (C=O) groups excluding carboxylic acids is 1. The summed E-state index contributed by atoms with van der Waals surface area (Å²) in [5.41, 5.74) is 5.58. The summed E-state index contributed by atoms with van der Waals surface area (Å²) in [7, 11) is -2.62. The van der Waals surface area contributed by atoms with E-state index in [1.165, 1.54) is 23.3 Å². The molecule has 0 saturated heterocycles. The van der Waals surface area contributed by atoms with Gasteiger partial charge < -0.3 is 13.7 Å². The van der Waals surface area contributed by atoms with E-state index in [-0.39, 0.29) is 22.8 Å². The summed E-state index contributed by atoms with van der Waals surface area (Å²) in [6.45, 7) is 8.10. The molecule has 0 fully saturated rings. The summed E-state index contributed by atoms with van der Waals surface area (Å²) in [5.74, 6) is 0.449. The maximum atomic E-state index is 13.2. The number of hydrogen-bond donors (Lipinski definition) is 0. The van der Waals surface area contributed by atoms with E-state index >= 15 is 0 Å². The van der Waals surface area contributed by atoms with Gasteiger partial charge >= 0.3 is 16.1 Å². The number of hydrogen-bond acceptors (Lipinski definition) is 6. The molecular weight excluding hydrogens is 428 g/mol. The Bertz CT molecular complexity index is 1220. The van der Waals surface area contributed by atoms with Gasteiger partial charge in [-0.1, -0.05) is 35.8 Å². The van der Waals surface area contributed by atoms with Gasteiger partial charge in [0.1, 0.15) is 22.8 Å². The Kier molecular flexibility index (Phi) is 5.79. The Hall–Kier alpha value is -2.80. The SMILES string of the molecule is COc1c(C)c2c(c(OS(=O)(=O)c3ccc(C)cc3)c1CC1=C(C)C(C)CC1)C(=O)OC2. The first-order valence-corrected chi connectivity index (χ1v) is 12.1. The van der Waals surface area contributed by atoms with Crippen LogP contribution in [0, 0.1) is 19.8 Å². The van der Waals surface area contributed by atoms with Crippen molar-refractivity contribution in [1.82, 2.24) is 0 Å². The van der Waals surface area contributed by atoms with Crippen molar-refractivity contribution in [2.24, 2.45) is 5.92 Å². The van der Waals surface area contributed by atoms with Crippen molar-refractivity contribution in [3.05, 3.63) is 63.2 Å². The fourth-order valence-corrected chi connectivity index (χ4v) is 5.50. The van der Waals surface area contributed by atoms with Crippen molar-refractivity contribution in [2.45, 2.75) is 58.5 Å². The molecule has 7 heteroatoms. The second kappa shape index (κ2) is 8.28. The molecule has 2 aliphatic rings. The third-order valence-electron chi connectivity index (χ3n) is 6.69. The number of fused-ring (bicyclic) bond motifs is 1. The van der Waals surface area contributed by atoms with Crippen molar-refractivity contribution in [3.63, 3.8) is 0 Å². The van der Waals surface area contributed by atoms with Crippen molar-refractivity contribution in [2.75, 3.05) is 7.11 Å². The fourth-order valence-electron chi connectivity index (χ4n) is 4.53. The van der Waals surface area contributed by atoms with E-state index in [0.29, 0.717) is 29.2 Å². The van der Waals surface area contributed by atoms with Gasteiger partial charge in [0.2, 0.25) is 0 Å². The molecule has 0 N–H and O–H groups in total. The molecule has 1 aliphatic heterocycles. The maximum absolute atomic E-state index is 13.2. The van der Waals surface area contributed by atoms with E-state index < -0.39 is 16.1 Å². The molecule has 2 aromatic carbocycles. The van der Waals surface area contributed by atoms with Gasteiger partial charge in [0.25, 0.3) is 0 Å². The Balaban J connectivity index is 1.91. The van der Waals surface area contributed by atoms with Crippen LogP contribution in [0.3, 0.4) is 0 Å². The van der Waals surface area contributed by atoms with E-state index in [1.807, 2.05) is 13.8 Å². The molecule has 0 spiro atoms. The summed E-state index contributed by atoms with van der Waals surface area (Å²) in [4.78, 5) is 12.7. The molecule has 0 aromatic heterocycles. The van der Waals surface area contributed by atoms with Crippen LogP contribution in [-0.4, -0.2) is 21.5 Å². The average Bonchev–Trinajstić information content (AvgIpc) is 3.29. The minimum absolute atomic E-state index is 0.0189. The largest absolute Gasteiger partial charge is 0.496 e. The molecule has 6 nitrogen and oxygen atoms in total. The number of rotatable bonds is 6. The first-order valence-electron chi connectivity index (χ1n) is 10.7. The number of methoxy groups -OCH3 is 1. The van der Waals surface area contributed by atoms with Gasteiger partial charge in [-0.15, -0.1) is 0 Å². The molecule has 1 aliphatic carbocycles. The Morgan fingerprint density at radius 2 is 1.78 bits per heavy atom. The maximum Gasteiger partial charge on any atom is 0.342 e. The summed E-state index contributed by atoms with van der Waals surface area (Å²) in [6.07, 6.45) is 2.42. The molecule has 0 bridgehead atoms. The molecule has 1 unspecified atom stereocenters. The van der Waals surface area contributed by atoms with Gasteiger partial charge in [0.05, 0.1) is 7.11 Å². The Morgan fingerprint density at radius 1 is 1.09 bits per heavy atom. The summed E-state index contributed by atoms with van der Waals surface area (Å²) < 4.78 is 43.1. The Morgan fingerprint density at radius 3 is 2.38 bits per heavy atom. The normalized spacial score (nSPS) is 18.0. The monoisotopic (exact) mass is 456 g/mol. The lowest BCUT2D eigenvalue weighted by Gasteiger charge is -2.20. The zero-order valence-electron chi connectivity index (χ0n) is 19.1. The molecule has 1 heterocycles. The van der Waals surface area contributed by atoms with Crippen molar-refractivity contribution in [3.8, 4) is 11.5 Å². The lowest BCUT2D eigenvalue weighted by atomic mass is 9.92. The first-order chi connectivity index (χ1) is 15.1. The third kappa shape index (κ3) is 3.79. The van der Waals surface area contributed by atoms with Crippen molar-refractivity contribution in [1.29, 1.82) is 0 Å². The van der Waals surface area contributed by atoms with E-state index in [2.05, 4.69) is 13.8 Å². The zero-order chi connectivity index (χ0) is 23.2. The van der Waals surface area contributed by atoms with Gasteiger partial charge in [-0.2, -0.15) is 8.42 Å². The predicted octanol–water partition coefficient (Wildman–Crippen LogP) is 5.04. The number of esters is 1. The highest BCUT2D eigenvalue weighted by Gasteiger charge is 2.36. The van der Waals surface area contributed by atoms with Crippen LogP contribution in [0.4, 0.5) is 0 Å². The first kappa shape index (κ1) is 22.4. The highest BCUT2D eigenvalue weighted by Crippen LogP contribution is 2.46. The minimum atomic E-state index is -4.17. The predicted molar refractivity (Wildman–Crippen MR) is 121 cm³/mol. The van der Waals surface area contributed by atoms with E-state index in [1.54, 1.807) is 19.2 Å². The number of allylic oxidation sites excluding steroid dienone is 2. The van der Waals surface area contributed by atoms with E-state index in [9.17, 15) is 13.2 Å². The van der Waals surface area contributed by atoms with Crippen LogP contribution < -0.4 is 8.92 Å². The lowest BCUT2D eigenvalue weighted by Crippen LogP contribution is -2.15. The zero-order valence-corrected chi connectivity index (χ0v) is 19.9. The molecule has 1 atom stereocenters. The second-order valence-electron chi connectivity index (χ2n) is 8.65. The number of ether oxygens (including phenoxy) is 2. The molecule has 0 radical (unpaired) electrons.